The van der Waals surface area contributed by atoms with E-state index in [0.29, 0.717) is 18.5 Å². The zero-order valence-corrected chi connectivity index (χ0v) is 13.3. The maximum absolute atomic E-state index is 13.1. The Hall–Kier alpha value is -1.50. The van der Waals surface area contributed by atoms with Crippen molar-refractivity contribution in [3.63, 3.8) is 0 Å². The average Bonchev–Trinajstić information content (AvgIpc) is 2.54. The minimum Gasteiger partial charge on any atom is -0.392 e. The molecule has 1 aliphatic rings. The van der Waals surface area contributed by atoms with Gasteiger partial charge in [0.25, 0.3) is 0 Å². The standard InChI is InChI=1S/C16H20N2O3S/c1-12(19)14-8-2-3-11-18(14)22(20,21)15-9-4-6-13-7-5-10-17-16(13)15/h4-7,9-10,12,14,19H,2-3,8,11H2,1H3. The number of para-hydroxylation sites is 1. The number of pyridine rings is 1. The van der Waals surface area contributed by atoms with Gasteiger partial charge in [-0.1, -0.05) is 24.6 Å². The van der Waals surface area contributed by atoms with Crippen molar-refractivity contribution < 1.29 is 13.5 Å². The number of sulfonamides is 1. The zero-order valence-electron chi connectivity index (χ0n) is 12.5. The third kappa shape index (κ3) is 2.62. The average molecular weight is 320 g/mol. The van der Waals surface area contributed by atoms with E-state index < -0.39 is 16.1 Å². The van der Waals surface area contributed by atoms with Crippen LogP contribution in [0.4, 0.5) is 0 Å². The minimum absolute atomic E-state index is 0.221. The summed E-state index contributed by atoms with van der Waals surface area (Å²) >= 11 is 0. The number of aromatic nitrogens is 1. The SMILES string of the molecule is CC(O)C1CCCCN1S(=O)(=O)c1cccc2cccnc12. The monoisotopic (exact) mass is 320 g/mol. The Balaban J connectivity index is 2.11. The first-order valence-electron chi connectivity index (χ1n) is 7.55. The van der Waals surface area contributed by atoms with Gasteiger partial charge in [-0.25, -0.2) is 8.42 Å². The third-order valence-corrected chi connectivity index (χ3v) is 6.19. The Labute approximate surface area is 130 Å². The van der Waals surface area contributed by atoms with Gasteiger partial charge in [0.1, 0.15) is 4.90 Å². The van der Waals surface area contributed by atoms with Crippen LogP contribution >= 0.6 is 0 Å². The molecule has 1 saturated heterocycles. The molecule has 0 saturated carbocycles. The van der Waals surface area contributed by atoms with Crippen molar-refractivity contribution in [2.24, 2.45) is 0 Å². The van der Waals surface area contributed by atoms with Crippen molar-refractivity contribution >= 4 is 20.9 Å². The highest BCUT2D eigenvalue weighted by atomic mass is 32.2. The van der Waals surface area contributed by atoms with Gasteiger partial charge in [0.2, 0.25) is 10.0 Å². The summed E-state index contributed by atoms with van der Waals surface area (Å²) in [5, 5.41) is 10.7. The Morgan fingerprint density at radius 2 is 2.05 bits per heavy atom. The smallest absolute Gasteiger partial charge is 0.245 e. The fraction of sp³-hybridized carbons (Fsp3) is 0.438. The summed E-state index contributed by atoms with van der Waals surface area (Å²) in [6.45, 7) is 2.10. The van der Waals surface area contributed by atoms with E-state index in [9.17, 15) is 13.5 Å². The lowest BCUT2D eigenvalue weighted by molar-refractivity contribution is 0.0831. The molecule has 0 bridgehead atoms. The van der Waals surface area contributed by atoms with E-state index in [1.807, 2.05) is 12.1 Å². The number of aliphatic hydroxyl groups excluding tert-OH is 1. The molecule has 1 N–H and O–H groups in total. The number of hydrogen-bond donors (Lipinski definition) is 1. The maximum Gasteiger partial charge on any atom is 0.245 e. The highest BCUT2D eigenvalue weighted by Gasteiger charge is 2.36. The first-order chi connectivity index (χ1) is 10.5. The molecule has 0 radical (unpaired) electrons. The number of nitrogens with zero attached hydrogens (tertiary/aromatic N) is 2. The lowest BCUT2D eigenvalue weighted by atomic mass is 10.0. The number of fused-ring (bicyclic) bond motifs is 1. The highest BCUT2D eigenvalue weighted by molar-refractivity contribution is 7.89. The molecule has 0 amide bonds. The summed E-state index contributed by atoms with van der Waals surface area (Å²) in [6, 6.07) is 8.46. The number of hydrogen-bond acceptors (Lipinski definition) is 4. The number of piperidine rings is 1. The molecule has 2 aromatic rings. The largest absolute Gasteiger partial charge is 0.392 e. The maximum atomic E-state index is 13.1. The molecular formula is C16H20N2O3S. The quantitative estimate of drug-likeness (QED) is 0.941. The molecule has 2 heterocycles. The van der Waals surface area contributed by atoms with Crippen LogP contribution in [0.3, 0.4) is 0 Å². The van der Waals surface area contributed by atoms with Gasteiger partial charge < -0.3 is 5.11 Å². The van der Waals surface area contributed by atoms with Crippen LogP contribution in [0.25, 0.3) is 10.9 Å². The van der Waals surface area contributed by atoms with Gasteiger partial charge in [-0.2, -0.15) is 4.31 Å². The van der Waals surface area contributed by atoms with Gasteiger partial charge in [-0.05, 0) is 31.9 Å². The minimum atomic E-state index is -3.67. The van der Waals surface area contributed by atoms with E-state index in [1.54, 1.807) is 31.3 Å². The molecule has 118 valence electrons. The predicted octanol–water partition coefficient (Wildman–Crippen LogP) is 2.16. The topological polar surface area (TPSA) is 70.5 Å². The van der Waals surface area contributed by atoms with Crippen molar-refractivity contribution in [3.8, 4) is 0 Å². The summed E-state index contributed by atoms with van der Waals surface area (Å²) in [4.78, 5) is 4.46. The van der Waals surface area contributed by atoms with Gasteiger partial charge in [-0.15, -0.1) is 0 Å². The Morgan fingerprint density at radius 1 is 1.27 bits per heavy atom. The molecule has 1 aromatic carbocycles. The van der Waals surface area contributed by atoms with Crippen LogP contribution in [0.1, 0.15) is 26.2 Å². The molecule has 1 aromatic heterocycles. The Kier molecular flexibility index (Phi) is 4.16. The molecule has 0 spiro atoms. The van der Waals surface area contributed by atoms with Crippen molar-refractivity contribution in [1.82, 2.24) is 9.29 Å². The number of rotatable bonds is 3. The van der Waals surface area contributed by atoms with Crippen molar-refractivity contribution in [2.75, 3.05) is 6.54 Å². The summed E-state index contributed by atoms with van der Waals surface area (Å²) in [5.74, 6) is 0. The van der Waals surface area contributed by atoms with Crippen LogP contribution in [0, 0.1) is 0 Å². The predicted molar refractivity (Wildman–Crippen MR) is 85.0 cm³/mol. The van der Waals surface area contributed by atoms with Crippen LogP contribution < -0.4 is 0 Å². The second kappa shape index (κ2) is 5.95. The molecule has 22 heavy (non-hydrogen) atoms. The molecule has 3 rings (SSSR count). The molecule has 1 fully saturated rings. The van der Waals surface area contributed by atoms with E-state index in [4.69, 9.17) is 0 Å². The van der Waals surface area contributed by atoms with Crippen molar-refractivity contribution in [2.45, 2.75) is 43.2 Å². The van der Waals surface area contributed by atoms with Crippen LogP contribution in [0.5, 0.6) is 0 Å². The van der Waals surface area contributed by atoms with Crippen LogP contribution in [-0.4, -0.2) is 41.5 Å². The summed E-state index contributed by atoms with van der Waals surface area (Å²) in [6.07, 6.45) is 3.37. The van der Waals surface area contributed by atoms with Crippen molar-refractivity contribution in [1.29, 1.82) is 0 Å². The Morgan fingerprint density at radius 3 is 2.82 bits per heavy atom. The van der Waals surface area contributed by atoms with Gasteiger partial charge >= 0.3 is 0 Å². The zero-order chi connectivity index (χ0) is 15.7. The summed E-state index contributed by atoms with van der Waals surface area (Å²) < 4.78 is 27.6. The van der Waals surface area contributed by atoms with E-state index in [2.05, 4.69) is 4.98 Å². The molecule has 2 unspecified atom stereocenters. The van der Waals surface area contributed by atoms with Gasteiger partial charge in [0, 0.05) is 18.1 Å². The van der Waals surface area contributed by atoms with Gasteiger partial charge in [0.05, 0.1) is 17.7 Å². The fourth-order valence-electron chi connectivity index (χ4n) is 3.12. The third-order valence-electron chi connectivity index (χ3n) is 4.24. The van der Waals surface area contributed by atoms with E-state index in [0.717, 1.165) is 18.2 Å². The highest BCUT2D eigenvalue weighted by Crippen LogP contribution is 2.30. The molecular weight excluding hydrogens is 300 g/mol. The lowest BCUT2D eigenvalue weighted by Crippen LogP contribution is -2.48. The second-order valence-electron chi connectivity index (χ2n) is 5.75. The number of aliphatic hydroxyl groups is 1. The van der Waals surface area contributed by atoms with E-state index >= 15 is 0 Å². The second-order valence-corrected chi connectivity index (χ2v) is 7.61. The summed E-state index contributed by atoms with van der Waals surface area (Å²) in [5.41, 5.74) is 0.486. The van der Waals surface area contributed by atoms with Gasteiger partial charge in [0.15, 0.2) is 0 Å². The molecule has 2 atom stereocenters. The normalized spacial score (nSPS) is 21.8. The first kappa shape index (κ1) is 15.4. The van der Waals surface area contributed by atoms with Crippen LogP contribution in [-0.2, 0) is 10.0 Å². The summed E-state index contributed by atoms with van der Waals surface area (Å²) in [7, 11) is -3.67. The molecule has 0 aliphatic carbocycles. The van der Waals surface area contributed by atoms with Gasteiger partial charge in [-0.3, -0.25) is 4.98 Å². The fourth-order valence-corrected chi connectivity index (χ4v) is 5.05. The molecule has 1 aliphatic heterocycles. The first-order valence-corrected chi connectivity index (χ1v) is 8.99. The lowest BCUT2D eigenvalue weighted by Gasteiger charge is -2.36. The van der Waals surface area contributed by atoms with E-state index in [1.165, 1.54) is 4.31 Å². The molecule has 6 heteroatoms. The molecule has 5 nitrogen and oxygen atoms in total. The van der Waals surface area contributed by atoms with E-state index in [-0.39, 0.29) is 10.9 Å². The van der Waals surface area contributed by atoms with Crippen LogP contribution in [0.15, 0.2) is 41.4 Å². The van der Waals surface area contributed by atoms with Crippen LogP contribution in [0.2, 0.25) is 0 Å². The number of benzene rings is 1. The Bertz CT molecular complexity index is 769. The van der Waals surface area contributed by atoms with Crippen molar-refractivity contribution in [3.05, 3.63) is 36.5 Å².